The number of hydrogen-bond acceptors (Lipinski definition) is 4. The first-order valence-corrected chi connectivity index (χ1v) is 5.99. The van der Waals surface area contributed by atoms with Gasteiger partial charge in [-0.05, 0) is 12.1 Å². The van der Waals surface area contributed by atoms with Crippen LogP contribution >= 0.6 is 37.9 Å². The van der Waals surface area contributed by atoms with E-state index >= 15 is 0 Å². The maximum absolute atomic E-state index is 11.4. The van der Waals surface area contributed by atoms with Crippen molar-refractivity contribution in [2.75, 3.05) is 0 Å². The van der Waals surface area contributed by atoms with Gasteiger partial charge >= 0.3 is 0 Å². The first-order chi connectivity index (χ1) is 8.43. The minimum Gasteiger partial charge on any atom is -0.282 e. The predicted octanol–water partition coefficient (Wildman–Crippen LogP) is 2.07. The Labute approximate surface area is 118 Å². The van der Waals surface area contributed by atoms with Crippen molar-refractivity contribution < 1.29 is 14.4 Å². The number of fused-ring (bicyclic) bond motifs is 1. The van der Waals surface area contributed by atoms with Crippen molar-refractivity contribution in [3.05, 3.63) is 29.6 Å². The lowest BCUT2D eigenvalue weighted by Crippen LogP contribution is -2.09. The molecule has 0 spiro atoms. The maximum Gasteiger partial charge on any atom is 0.288 e. The number of aromatic nitrogens is 2. The van der Waals surface area contributed by atoms with Crippen LogP contribution in [0.2, 0.25) is 0 Å². The van der Waals surface area contributed by atoms with E-state index in [1.165, 1.54) is 6.07 Å². The van der Waals surface area contributed by atoms with E-state index in [9.17, 15) is 14.4 Å². The van der Waals surface area contributed by atoms with Crippen LogP contribution in [0.5, 0.6) is 0 Å². The number of rotatable bonds is 2. The fourth-order valence-electron chi connectivity index (χ4n) is 1.61. The van der Waals surface area contributed by atoms with E-state index in [0.29, 0.717) is 5.52 Å². The number of thiol groups is 3. The molecule has 1 aromatic carbocycles. The van der Waals surface area contributed by atoms with Crippen LogP contribution in [0.25, 0.3) is 11.0 Å². The molecule has 0 bridgehead atoms. The van der Waals surface area contributed by atoms with E-state index in [4.69, 9.17) is 0 Å². The van der Waals surface area contributed by atoms with E-state index in [2.05, 4.69) is 42.9 Å². The lowest BCUT2D eigenvalue weighted by atomic mass is 10.2. The van der Waals surface area contributed by atoms with Crippen LogP contribution in [-0.4, -0.2) is 25.0 Å². The monoisotopic (exact) mass is 298 g/mol. The van der Waals surface area contributed by atoms with E-state index in [1.54, 1.807) is 12.1 Å². The van der Waals surface area contributed by atoms with Crippen LogP contribution in [0.3, 0.4) is 0 Å². The summed E-state index contributed by atoms with van der Waals surface area (Å²) in [6.45, 7) is 0. The zero-order valence-electron chi connectivity index (χ0n) is 8.69. The molecule has 0 saturated carbocycles. The number of carbonyl (C=O) groups is 3. The summed E-state index contributed by atoms with van der Waals surface area (Å²) in [5.41, 5.74) is 0.740. The van der Waals surface area contributed by atoms with E-state index in [0.717, 1.165) is 4.57 Å². The van der Waals surface area contributed by atoms with Gasteiger partial charge in [-0.3, -0.25) is 14.4 Å². The zero-order valence-corrected chi connectivity index (χ0v) is 11.4. The summed E-state index contributed by atoms with van der Waals surface area (Å²) in [7, 11) is 0. The van der Waals surface area contributed by atoms with E-state index in [-0.39, 0.29) is 16.9 Å². The van der Waals surface area contributed by atoms with Crippen LogP contribution < -0.4 is 0 Å². The second kappa shape index (κ2) is 4.79. The third kappa shape index (κ3) is 2.06. The molecule has 0 aliphatic rings. The topological polar surface area (TPSA) is 69.0 Å². The van der Waals surface area contributed by atoms with Crippen molar-refractivity contribution in [2.45, 2.75) is 0 Å². The number of hydrogen-bond donors (Lipinski definition) is 3. The van der Waals surface area contributed by atoms with Crippen LogP contribution in [-0.2, 0) is 0 Å². The molecule has 2 rings (SSSR count). The van der Waals surface area contributed by atoms with Crippen molar-refractivity contribution in [3.8, 4) is 0 Å². The Bertz CT molecular complexity index is 693. The number of carbonyl (C=O) groups excluding carboxylic acids is 3. The summed E-state index contributed by atoms with van der Waals surface area (Å²) in [4.78, 5) is 38.0. The largest absolute Gasteiger partial charge is 0.288 e. The van der Waals surface area contributed by atoms with Crippen LogP contribution in [0, 0.1) is 0 Å². The molecule has 0 unspecified atom stereocenters. The highest BCUT2D eigenvalue weighted by molar-refractivity contribution is 7.97. The van der Waals surface area contributed by atoms with Gasteiger partial charge in [0.05, 0.1) is 11.1 Å². The lowest BCUT2D eigenvalue weighted by molar-refractivity contribution is 0.107. The molecule has 0 aliphatic carbocycles. The van der Waals surface area contributed by atoms with Crippen LogP contribution in [0.4, 0.5) is 4.79 Å². The molecule has 1 heterocycles. The van der Waals surface area contributed by atoms with Crippen molar-refractivity contribution in [1.82, 2.24) is 9.55 Å². The second-order valence-electron chi connectivity index (χ2n) is 3.34. The summed E-state index contributed by atoms with van der Waals surface area (Å²) in [5, 5.41) is -1.88. The van der Waals surface area contributed by atoms with Gasteiger partial charge in [0.15, 0.2) is 5.82 Å². The molecular weight excluding hydrogens is 292 g/mol. The fourth-order valence-corrected chi connectivity index (χ4v) is 2.14. The summed E-state index contributed by atoms with van der Waals surface area (Å²) >= 11 is 11.0. The third-order valence-electron chi connectivity index (χ3n) is 2.30. The smallest absolute Gasteiger partial charge is 0.282 e. The van der Waals surface area contributed by atoms with Crippen molar-refractivity contribution in [3.63, 3.8) is 0 Å². The van der Waals surface area contributed by atoms with Gasteiger partial charge in [-0.15, -0.1) is 12.6 Å². The Hall–Kier alpha value is -1.25. The predicted molar refractivity (Wildman–Crippen MR) is 76.1 cm³/mol. The summed E-state index contributed by atoms with van der Waals surface area (Å²) in [6, 6.07) is 4.62. The van der Waals surface area contributed by atoms with Crippen molar-refractivity contribution >= 4 is 64.4 Å². The van der Waals surface area contributed by atoms with Crippen molar-refractivity contribution in [2.24, 2.45) is 0 Å². The van der Waals surface area contributed by atoms with Gasteiger partial charge < -0.3 is 0 Å². The molecule has 5 nitrogen and oxygen atoms in total. The highest BCUT2D eigenvalue weighted by Gasteiger charge is 2.21. The molecule has 0 atom stereocenters. The zero-order chi connectivity index (χ0) is 13.4. The summed E-state index contributed by atoms with van der Waals surface area (Å²) < 4.78 is 0.994. The Balaban J connectivity index is 2.93. The average Bonchev–Trinajstić information content (AvgIpc) is 2.67. The summed E-state index contributed by atoms with van der Waals surface area (Å²) in [5.74, 6) is -0.185. The molecule has 0 amide bonds. The number of para-hydroxylation sites is 1. The first kappa shape index (κ1) is 13.2. The molecule has 18 heavy (non-hydrogen) atoms. The van der Waals surface area contributed by atoms with Gasteiger partial charge in [0.25, 0.3) is 10.4 Å². The van der Waals surface area contributed by atoms with E-state index < -0.39 is 15.5 Å². The Morgan fingerprint density at radius 2 is 1.72 bits per heavy atom. The molecule has 92 valence electrons. The van der Waals surface area contributed by atoms with E-state index in [1.807, 2.05) is 0 Å². The minimum absolute atomic E-state index is 0.185. The molecular formula is C10H6N2O3S3. The molecule has 2 aromatic rings. The molecule has 0 radical (unpaired) electrons. The standard InChI is InChI=1S/C10H6N2O3S3/c13-8(16)4-2-1-3-5-6(4)11-7(9(14)17)12(5)10(15)18/h1-3H,(H,13,16)(H,14,17)(H,15,18). The fraction of sp³-hybridized carbons (Fsp3) is 0. The maximum atomic E-state index is 11.4. The average molecular weight is 298 g/mol. The quantitative estimate of drug-likeness (QED) is 0.743. The van der Waals surface area contributed by atoms with Crippen LogP contribution in [0.15, 0.2) is 18.2 Å². The Kier molecular flexibility index (Phi) is 3.51. The highest BCUT2D eigenvalue weighted by Crippen LogP contribution is 2.23. The van der Waals surface area contributed by atoms with Gasteiger partial charge in [0, 0.05) is 0 Å². The highest BCUT2D eigenvalue weighted by atomic mass is 32.1. The molecule has 8 heteroatoms. The molecule has 0 N–H and O–H groups in total. The van der Waals surface area contributed by atoms with Crippen LogP contribution in [0.1, 0.15) is 21.0 Å². The SMILES string of the molecule is O=C(S)c1cccc2c1nc(C(=O)S)n2C(=O)S. The second-order valence-corrected chi connectivity index (χ2v) is 4.53. The van der Waals surface area contributed by atoms with Gasteiger partial charge in [-0.2, -0.15) is 0 Å². The number of benzene rings is 1. The molecule has 0 saturated heterocycles. The van der Waals surface area contributed by atoms with Gasteiger partial charge in [0.1, 0.15) is 5.52 Å². The Morgan fingerprint density at radius 1 is 1.06 bits per heavy atom. The van der Waals surface area contributed by atoms with Gasteiger partial charge in [-0.1, -0.05) is 31.3 Å². The Morgan fingerprint density at radius 3 is 2.22 bits per heavy atom. The molecule has 1 aromatic heterocycles. The normalized spacial score (nSPS) is 10.6. The third-order valence-corrected chi connectivity index (χ3v) is 2.94. The minimum atomic E-state index is -0.689. The number of imidazole rings is 1. The van der Waals surface area contributed by atoms with Gasteiger partial charge in [-0.25, -0.2) is 9.55 Å². The molecule has 0 fully saturated rings. The first-order valence-electron chi connectivity index (χ1n) is 4.65. The summed E-state index contributed by atoms with van der Waals surface area (Å²) in [6.07, 6.45) is 0. The molecule has 0 aliphatic heterocycles. The number of nitrogens with zero attached hydrogens (tertiary/aromatic N) is 2. The van der Waals surface area contributed by atoms with Crippen molar-refractivity contribution in [1.29, 1.82) is 0 Å². The van der Waals surface area contributed by atoms with Gasteiger partial charge in [0.2, 0.25) is 5.12 Å². The lowest BCUT2D eigenvalue weighted by Gasteiger charge is -2.00.